The van der Waals surface area contributed by atoms with Crippen LogP contribution in [0.1, 0.15) is 30.7 Å². The van der Waals surface area contributed by atoms with Crippen LogP contribution >= 0.6 is 11.3 Å². The SMILES string of the molecule is CCN(Cc1cc(C#CCCO)cs1)C(C)COC. The van der Waals surface area contributed by atoms with E-state index in [1.807, 2.05) is 0 Å². The molecule has 1 rings (SSSR count). The molecule has 1 N–H and O–H groups in total. The Hall–Kier alpha value is -0.860. The molecule has 0 saturated heterocycles. The largest absolute Gasteiger partial charge is 0.395 e. The summed E-state index contributed by atoms with van der Waals surface area (Å²) < 4.78 is 5.21. The fourth-order valence-electron chi connectivity index (χ4n) is 1.88. The van der Waals surface area contributed by atoms with Gasteiger partial charge in [0, 0.05) is 41.9 Å². The highest BCUT2D eigenvalue weighted by molar-refractivity contribution is 7.10. The van der Waals surface area contributed by atoms with E-state index in [1.165, 1.54) is 4.88 Å². The standard InChI is InChI=1S/C15H23NO2S/c1-4-16(13(2)11-18-3)10-15-9-14(12-19-15)7-5-6-8-17/h9,12-13,17H,4,6,8,10-11H2,1-3H3. The summed E-state index contributed by atoms with van der Waals surface area (Å²) >= 11 is 1.74. The molecule has 0 amide bonds. The third kappa shape index (κ3) is 5.75. The number of aliphatic hydroxyl groups excluding tert-OH is 1. The van der Waals surface area contributed by atoms with Crippen LogP contribution in [0.4, 0.5) is 0 Å². The second-order valence-corrected chi connectivity index (χ2v) is 5.44. The lowest BCUT2D eigenvalue weighted by Crippen LogP contribution is -2.35. The van der Waals surface area contributed by atoms with Crippen molar-refractivity contribution in [2.24, 2.45) is 0 Å². The summed E-state index contributed by atoms with van der Waals surface area (Å²) in [5.41, 5.74) is 1.05. The number of nitrogens with zero attached hydrogens (tertiary/aromatic N) is 1. The van der Waals surface area contributed by atoms with Gasteiger partial charge in [-0.3, -0.25) is 4.90 Å². The third-order valence-electron chi connectivity index (χ3n) is 2.92. The van der Waals surface area contributed by atoms with Crippen LogP contribution < -0.4 is 0 Å². The van der Waals surface area contributed by atoms with Gasteiger partial charge >= 0.3 is 0 Å². The Morgan fingerprint density at radius 2 is 2.32 bits per heavy atom. The van der Waals surface area contributed by atoms with Crippen molar-refractivity contribution in [2.75, 3.05) is 26.9 Å². The molecule has 0 fully saturated rings. The number of aliphatic hydroxyl groups is 1. The van der Waals surface area contributed by atoms with Crippen molar-refractivity contribution in [3.05, 3.63) is 21.9 Å². The quantitative estimate of drug-likeness (QED) is 0.779. The molecule has 0 aliphatic rings. The maximum Gasteiger partial charge on any atom is 0.0615 e. The Morgan fingerprint density at radius 3 is 2.95 bits per heavy atom. The van der Waals surface area contributed by atoms with Gasteiger partial charge in [0.1, 0.15) is 0 Å². The van der Waals surface area contributed by atoms with Crippen LogP contribution in [0.25, 0.3) is 0 Å². The summed E-state index contributed by atoms with van der Waals surface area (Å²) in [6.45, 7) is 7.18. The van der Waals surface area contributed by atoms with Gasteiger partial charge in [0.05, 0.1) is 13.2 Å². The maximum atomic E-state index is 8.69. The first-order chi connectivity index (χ1) is 9.21. The first-order valence-electron chi connectivity index (χ1n) is 6.61. The van der Waals surface area contributed by atoms with Crippen molar-refractivity contribution in [3.63, 3.8) is 0 Å². The summed E-state index contributed by atoms with van der Waals surface area (Å²) in [4.78, 5) is 3.71. The topological polar surface area (TPSA) is 32.7 Å². The maximum absolute atomic E-state index is 8.69. The van der Waals surface area contributed by atoms with E-state index in [9.17, 15) is 0 Å². The van der Waals surface area contributed by atoms with Gasteiger partial charge in [-0.25, -0.2) is 0 Å². The van der Waals surface area contributed by atoms with E-state index >= 15 is 0 Å². The van der Waals surface area contributed by atoms with Crippen molar-refractivity contribution in [1.82, 2.24) is 4.90 Å². The van der Waals surface area contributed by atoms with E-state index in [2.05, 4.69) is 42.0 Å². The van der Waals surface area contributed by atoms with Gasteiger partial charge in [0.15, 0.2) is 0 Å². The second kappa shape index (κ2) is 9.11. The lowest BCUT2D eigenvalue weighted by atomic mass is 10.2. The van der Waals surface area contributed by atoms with Crippen LogP contribution in [0.3, 0.4) is 0 Å². The van der Waals surface area contributed by atoms with Gasteiger partial charge in [0.25, 0.3) is 0 Å². The van der Waals surface area contributed by atoms with E-state index < -0.39 is 0 Å². The minimum atomic E-state index is 0.127. The molecular formula is C15H23NO2S. The fourth-order valence-corrected chi connectivity index (χ4v) is 2.72. The molecule has 106 valence electrons. The molecule has 0 aromatic carbocycles. The smallest absolute Gasteiger partial charge is 0.0615 e. The highest BCUT2D eigenvalue weighted by atomic mass is 32.1. The van der Waals surface area contributed by atoms with Gasteiger partial charge in [-0.05, 0) is 19.5 Å². The zero-order chi connectivity index (χ0) is 14.1. The lowest BCUT2D eigenvalue weighted by Gasteiger charge is -2.26. The van der Waals surface area contributed by atoms with Gasteiger partial charge in [-0.15, -0.1) is 11.3 Å². The summed E-state index contributed by atoms with van der Waals surface area (Å²) in [5.74, 6) is 6.02. The lowest BCUT2D eigenvalue weighted by molar-refractivity contribution is 0.0988. The number of rotatable bonds is 7. The van der Waals surface area contributed by atoms with E-state index in [4.69, 9.17) is 9.84 Å². The van der Waals surface area contributed by atoms with Crippen LogP contribution in [0.2, 0.25) is 0 Å². The van der Waals surface area contributed by atoms with Crippen LogP contribution in [0.5, 0.6) is 0 Å². The summed E-state index contributed by atoms with van der Waals surface area (Å²) in [5, 5.41) is 10.8. The molecule has 4 heteroatoms. The molecule has 1 heterocycles. The Balaban J connectivity index is 2.59. The first-order valence-corrected chi connectivity index (χ1v) is 7.49. The zero-order valence-corrected chi connectivity index (χ0v) is 12.8. The van der Waals surface area contributed by atoms with E-state index in [0.717, 1.165) is 25.3 Å². The van der Waals surface area contributed by atoms with E-state index in [0.29, 0.717) is 12.5 Å². The molecule has 0 aliphatic heterocycles. The fraction of sp³-hybridized carbons (Fsp3) is 0.600. The van der Waals surface area contributed by atoms with Crippen molar-refractivity contribution in [2.45, 2.75) is 32.9 Å². The molecule has 1 unspecified atom stereocenters. The predicted octanol–water partition coefficient (Wildman–Crippen LogP) is 2.34. The van der Waals surface area contributed by atoms with Gasteiger partial charge in [-0.1, -0.05) is 18.8 Å². The van der Waals surface area contributed by atoms with Crippen LogP contribution in [-0.4, -0.2) is 42.9 Å². The summed E-state index contributed by atoms with van der Waals surface area (Å²) in [7, 11) is 1.74. The summed E-state index contributed by atoms with van der Waals surface area (Å²) in [6, 6.07) is 2.55. The molecule has 0 bridgehead atoms. The number of hydrogen-bond donors (Lipinski definition) is 1. The van der Waals surface area contributed by atoms with Gasteiger partial charge in [0.2, 0.25) is 0 Å². The van der Waals surface area contributed by atoms with Gasteiger partial charge in [-0.2, -0.15) is 0 Å². The monoisotopic (exact) mass is 281 g/mol. The minimum absolute atomic E-state index is 0.127. The van der Waals surface area contributed by atoms with Crippen LogP contribution in [0.15, 0.2) is 11.4 Å². The molecule has 0 radical (unpaired) electrons. The van der Waals surface area contributed by atoms with Crippen LogP contribution in [-0.2, 0) is 11.3 Å². The molecule has 3 nitrogen and oxygen atoms in total. The Labute approximate surface area is 120 Å². The second-order valence-electron chi connectivity index (χ2n) is 4.44. The first kappa shape index (κ1) is 16.2. The number of ether oxygens (including phenoxy) is 1. The average Bonchev–Trinajstić information content (AvgIpc) is 2.84. The molecule has 0 aliphatic carbocycles. The Morgan fingerprint density at radius 1 is 1.53 bits per heavy atom. The predicted molar refractivity (Wildman–Crippen MR) is 80.3 cm³/mol. The molecule has 19 heavy (non-hydrogen) atoms. The van der Waals surface area contributed by atoms with Gasteiger partial charge < -0.3 is 9.84 Å². The number of methoxy groups -OCH3 is 1. The van der Waals surface area contributed by atoms with E-state index in [1.54, 1.807) is 18.4 Å². The van der Waals surface area contributed by atoms with Crippen LogP contribution in [0, 0.1) is 11.8 Å². The highest BCUT2D eigenvalue weighted by Crippen LogP contribution is 2.17. The molecule has 1 aromatic heterocycles. The average molecular weight is 281 g/mol. The number of thiophene rings is 1. The minimum Gasteiger partial charge on any atom is -0.395 e. The Bertz CT molecular complexity index is 419. The van der Waals surface area contributed by atoms with E-state index in [-0.39, 0.29) is 6.61 Å². The molecule has 0 saturated carbocycles. The third-order valence-corrected chi connectivity index (χ3v) is 3.84. The molecule has 1 atom stereocenters. The van der Waals surface area contributed by atoms with Crippen molar-refractivity contribution >= 4 is 11.3 Å². The molecular weight excluding hydrogens is 258 g/mol. The highest BCUT2D eigenvalue weighted by Gasteiger charge is 2.13. The number of likely N-dealkylation sites (N-methyl/N-ethyl adjacent to an activating group) is 1. The van der Waals surface area contributed by atoms with Crippen molar-refractivity contribution in [3.8, 4) is 11.8 Å². The van der Waals surface area contributed by atoms with Crippen molar-refractivity contribution < 1.29 is 9.84 Å². The molecule has 1 aromatic rings. The Kier molecular flexibility index (Phi) is 7.76. The zero-order valence-electron chi connectivity index (χ0n) is 12.0. The van der Waals surface area contributed by atoms with Crippen molar-refractivity contribution in [1.29, 1.82) is 0 Å². The molecule has 0 spiro atoms. The summed E-state index contributed by atoms with van der Waals surface area (Å²) in [6.07, 6.45) is 0.539. The number of hydrogen-bond acceptors (Lipinski definition) is 4. The normalized spacial score (nSPS) is 12.3.